The second-order valence-corrected chi connectivity index (χ2v) is 10.4. The fourth-order valence-electron chi connectivity index (χ4n) is 5.25. The van der Waals surface area contributed by atoms with Gasteiger partial charge in [-0.3, -0.25) is 33.6 Å². The lowest BCUT2D eigenvalue weighted by atomic mass is 9.80. The first-order valence-electron chi connectivity index (χ1n) is 14.0. The quantitative estimate of drug-likeness (QED) is 0.200. The van der Waals surface area contributed by atoms with Crippen LogP contribution in [-0.2, 0) is 80.9 Å². The molecule has 0 unspecified atom stereocenters. The molecule has 2 rings (SSSR count). The summed E-state index contributed by atoms with van der Waals surface area (Å²) < 4.78 is 55.4. The lowest BCUT2D eigenvalue weighted by Gasteiger charge is -2.48. The molecule has 10 atom stereocenters. The summed E-state index contributed by atoms with van der Waals surface area (Å²) in [6.45, 7) is 6.93. The Hall–Kier alpha value is -3.83. The van der Waals surface area contributed by atoms with Crippen LogP contribution in [0.3, 0.4) is 0 Å². The number of ether oxygens (including phenoxy) is 10. The predicted molar refractivity (Wildman–Crippen MR) is 143 cm³/mol. The van der Waals surface area contributed by atoms with Gasteiger partial charge in [-0.1, -0.05) is 0 Å². The average molecular weight is 649 g/mol. The van der Waals surface area contributed by atoms with Crippen LogP contribution in [0, 0.1) is 5.92 Å². The molecule has 0 radical (unpaired) electrons. The van der Waals surface area contributed by atoms with Crippen LogP contribution in [0.15, 0.2) is 0 Å². The molecule has 0 aliphatic carbocycles. The molecule has 45 heavy (non-hydrogen) atoms. The Morgan fingerprint density at radius 3 is 1.27 bits per heavy atom. The molecule has 0 aromatic heterocycles. The Morgan fingerprint density at radius 1 is 0.467 bits per heavy atom. The fourth-order valence-corrected chi connectivity index (χ4v) is 5.25. The van der Waals surface area contributed by atoms with Gasteiger partial charge in [0.1, 0.15) is 31.5 Å². The Balaban J connectivity index is 2.70. The van der Waals surface area contributed by atoms with Crippen molar-refractivity contribution in [2.45, 2.75) is 110 Å². The maximum absolute atomic E-state index is 12.3. The molecule has 2 fully saturated rings. The largest absolute Gasteiger partial charge is 0.463 e. The number of rotatable bonds is 12. The normalized spacial score (nSPS) is 31.0. The second kappa shape index (κ2) is 17.0. The third kappa shape index (κ3) is 11.2. The highest BCUT2D eigenvalue weighted by Crippen LogP contribution is 2.39. The first-order chi connectivity index (χ1) is 21.0. The zero-order valence-corrected chi connectivity index (χ0v) is 26.3. The molecule has 0 bridgehead atoms. The summed E-state index contributed by atoms with van der Waals surface area (Å²) in [7, 11) is 1.27. The molecule has 0 amide bonds. The van der Waals surface area contributed by atoms with Gasteiger partial charge in [-0.15, -0.1) is 0 Å². The van der Waals surface area contributed by atoms with E-state index in [1.165, 1.54) is 7.11 Å². The molecule has 0 N–H and O–H groups in total. The SMILES string of the molecule is CO[C@@H]1O[C@@H](COC(C)=O)[C@H](OC(C)=O)[C@@H](C[C@H]2O[C@H](COC(C)=O)[C@@H](OC(C)=O)[C@H](OC(C)=O)[C@@H]2OC(C)=O)[C@H]1OC(C)=O. The van der Waals surface area contributed by atoms with Crippen molar-refractivity contribution in [1.82, 2.24) is 0 Å². The van der Waals surface area contributed by atoms with E-state index in [2.05, 4.69) is 0 Å². The molecule has 0 aromatic carbocycles. The maximum atomic E-state index is 12.3. The molecular formula is C28H40O17. The minimum absolute atomic E-state index is 0.269. The molecule has 2 aliphatic heterocycles. The summed E-state index contributed by atoms with van der Waals surface area (Å²) in [6.07, 6.45) is -12.0. The standard InChI is InChI=1S/C28H40O17/c1-12(29)37-10-21-23(39-14(3)31)19(24(40-15(4)32)28(36-8)45-21)9-20-25(41-16(5)33)27(43-18(7)35)26(42-17(6)34)22(44-20)11-38-13(2)30/h19-28H,9-11H2,1-8H3/t19-,20-,21+,22-,23-,24-,25-,26-,27-,28-/m1/s1. The van der Waals surface area contributed by atoms with Gasteiger partial charge in [0.25, 0.3) is 0 Å². The van der Waals surface area contributed by atoms with Crippen LogP contribution >= 0.6 is 0 Å². The number of carbonyl (C=O) groups excluding carboxylic acids is 7. The van der Waals surface area contributed by atoms with Crippen molar-refractivity contribution in [3.05, 3.63) is 0 Å². The van der Waals surface area contributed by atoms with E-state index < -0.39 is 116 Å². The van der Waals surface area contributed by atoms with Crippen molar-refractivity contribution in [2.75, 3.05) is 20.3 Å². The minimum Gasteiger partial charge on any atom is -0.463 e. The number of hydrogen-bond acceptors (Lipinski definition) is 17. The van der Waals surface area contributed by atoms with Gasteiger partial charge in [-0.25, -0.2) is 0 Å². The minimum atomic E-state index is -1.47. The molecule has 0 aromatic rings. The van der Waals surface area contributed by atoms with Gasteiger partial charge in [-0.2, -0.15) is 0 Å². The van der Waals surface area contributed by atoms with E-state index in [0.29, 0.717) is 0 Å². The zero-order valence-electron chi connectivity index (χ0n) is 26.3. The van der Waals surface area contributed by atoms with Gasteiger partial charge in [0, 0.05) is 61.5 Å². The highest BCUT2D eigenvalue weighted by Gasteiger charge is 2.56. The topological polar surface area (TPSA) is 212 Å². The van der Waals surface area contributed by atoms with Crippen LogP contribution in [0.4, 0.5) is 0 Å². The molecule has 254 valence electrons. The Labute approximate surface area is 259 Å². The van der Waals surface area contributed by atoms with Crippen molar-refractivity contribution in [2.24, 2.45) is 5.92 Å². The average Bonchev–Trinajstić information content (AvgIpc) is 2.90. The predicted octanol–water partition coefficient (Wildman–Crippen LogP) is -0.0839. The van der Waals surface area contributed by atoms with Gasteiger partial charge in [0.05, 0.1) is 6.10 Å². The van der Waals surface area contributed by atoms with Crippen molar-refractivity contribution >= 4 is 41.8 Å². The van der Waals surface area contributed by atoms with Crippen molar-refractivity contribution in [3.63, 3.8) is 0 Å². The van der Waals surface area contributed by atoms with E-state index in [1.54, 1.807) is 0 Å². The van der Waals surface area contributed by atoms with E-state index in [-0.39, 0.29) is 6.42 Å². The fraction of sp³-hybridized carbons (Fsp3) is 0.750. The van der Waals surface area contributed by atoms with E-state index in [1.807, 2.05) is 0 Å². The van der Waals surface area contributed by atoms with Crippen molar-refractivity contribution in [3.8, 4) is 0 Å². The van der Waals surface area contributed by atoms with Crippen LogP contribution < -0.4 is 0 Å². The summed E-state index contributed by atoms with van der Waals surface area (Å²) in [4.78, 5) is 84.4. The highest BCUT2D eigenvalue weighted by molar-refractivity contribution is 5.69. The van der Waals surface area contributed by atoms with Crippen LogP contribution in [-0.4, -0.2) is 117 Å². The first-order valence-corrected chi connectivity index (χ1v) is 14.0. The number of esters is 7. The summed E-state index contributed by atoms with van der Waals surface area (Å²) in [6, 6.07) is 0. The van der Waals surface area contributed by atoms with Crippen LogP contribution in [0.25, 0.3) is 0 Å². The maximum Gasteiger partial charge on any atom is 0.303 e. The summed E-state index contributed by atoms with van der Waals surface area (Å²) in [5.41, 5.74) is 0. The molecule has 2 aliphatic rings. The molecule has 17 heteroatoms. The van der Waals surface area contributed by atoms with Crippen LogP contribution in [0.5, 0.6) is 0 Å². The van der Waals surface area contributed by atoms with Gasteiger partial charge in [0.15, 0.2) is 30.7 Å². The van der Waals surface area contributed by atoms with Crippen LogP contribution in [0.2, 0.25) is 0 Å². The van der Waals surface area contributed by atoms with Crippen molar-refractivity contribution in [1.29, 1.82) is 0 Å². The van der Waals surface area contributed by atoms with E-state index in [4.69, 9.17) is 47.4 Å². The van der Waals surface area contributed by atoms with Gasteiger partial charge >= 0.3 is 41.8 Å². The number of methoxy groups -OCH3 is 1. The highest BCUT2D eigenvalue weighted by atomic mass is 16.7. The molecule has 2 heterocycles. The van der Waals surface area contributed by atoms with E-state index in [0.717, 1.165) is 48.5 Å². The van der Waals surface area contributed by atoms with Gasteiger partial charge in [0.2, 0.25) is 0 Å². The summed E-state index contributed by atoms with van der Waals surface area (Å²) in [5, 5.41) is 0. The van der Waals surface area contributed by atoms with Crippen LogP contribution in [0.1, 0.15) is 54.9 Å². The molecule has 17 nitrogen and oxygen atoms in total. The number of hydrogen-bond donors (Lipinski definition) is 0. The Kier molecular flexibility index (Phi) is 14.1. The third-order valence-corrected chi connectivity index (χ3v) is 6.67. The Morgan fingerprint density at radius 2 is 0.844 bits per heavy atom. The second-order valence-electron chi connectivity index (χ2n) is 10.4. The van der Waals surface area contributed by atoms with E-state index in [9.17, 15) is 33.6 Å². The molecule has 0 saturated carbocycles. The van der Waals surface area contributed by atoms with Gasteiger partial charge < -0.3 is 47.4 Å². The van der Waals surface area contributed by atoms with Crippen molar-refractivity contribution < 1.29 is 80.9 Å². The molecule has 2 saturated heterocycles. The Bertz CT molecular complexity index is 1100. The summed E-state index contributed by atoms with van der Waals surface area (Å²) in [5.74, 6) is -6.40. The lowest BCUT2D eigenvalue weighted by Crippen LogP contribution is -2.64. The smallest absolute Gasteiger partial charge is 0.303 e. The van der Waals surface area contributed by atoms with Gasteiger partial charge in [-0.05, 0) is 6.42 Å². The molecule has 0 spiro atoms. The first kappa shape index (κ1) is 37.4. The third-order valence-electron chi connectivity index (χ3n) is 6.67. The zero-order chi connectivity index (χ0) is 34.0. The molecular weight excluding hydrogens is 608 g/mol. The summed E-state index contributed by atoms with van der Waals surface area (Å²) >= 11 is 0. The monoisotopic (exact) mass is 648 g/mol. The van der Waals surface area contributed by atoms with E-state index >= 15 is 0 Å². The lowest BCUT2D eigenvalue weighted by molar-refractivity contribution is -0.299. The number of carbonyl (C=O) groups is 7.